The molecule has 0 saturated heterocycles. The Balaban J connectivity index is 1.35. The number of hydrogen-bond donors (Lipinski definition) is 4. The van der Waals surface area contributed by atoms with Crippen molar-refractivity contribution >= 4 is 34.0 Å². The highest BCUT2D eigenvalue weighted by Gasteiger charge is 2.33. The number of amides is 1. The molecule has 35 heavy (non-hydrogen) atoms. The van der Waals surface area contributed by atoms with Crippen LogP contribution in [0.4, 0.5) is 10.5 Å². The number of ketones is 1. The molecule has 0 radical (unpaired) electrons. The van der Waals surface area contributed by atoms with Crippen molar-refractivity contribution in [3.8, 4) is 0 Å². The normalized spacial score (nSPS) is 22.3. The molecule has 2 saturated carbocycles. The van der Waals surface area contributed by atoms with Crippen molar-refractivity contribution in [2.45, 2.75) is 77.0 Å². The Morgan fingerprint density at radius 2 is 1.80 bits per heavy atom. The minimum absolute atomic E-state index is 0.102. The molecule has 8 nitrogen and oxygen atoms in total. The maximum atomic E-state index is 13.2. The van der Waals surface area contributed by atoms with E-state index in [9.17, 15) is 9.59 Å². The van der Waals surface area contributed by atoms with Gasteiger partial charge in [0.2, 0.25) is 0 Å². The van der Waals surface area contributed by atoms with Gasteiger partial charge in [-0.3, -0.25) is 9.78 Å². The standard InChI is InChI=1S/C27H35N5O3/c1-27(2,3)35-26(34)32-20-9-7-19(8-10-20)31-24-21-12-17(18-13-29-30-14-18)6-11-23(21)28-15-22(24)25(33)16-4-5-16/h6,11-13,15-16,19-20,29-30H,4-5,7-10,14H2,1-3H3,(H,28,31)(H,32,34). The van der Waals surface area contributed by atoms with Gasteiger partial charge >= 0.3 is 6.09 Å². The summed E-state index contributed by atoms with van der Waals surface area (Å²) in [5, 5.41) is 7.72. The number of benzene rings is 1. The minimum atomic E-state index is -0.505. The van der Waals surface area contributed by atoms with Crippen LogP contribution in [-0.4, -0.2) is 41.1 Å². The summed E-state index contributed by atoms with van der Waals surface area (Å²) in [6.07, 6.45) is 8.81. The third-order valence-corrected chi connectivity index (χ3v) is 6.88. The number of anilines is 1. The van der Waals surface area contributed by atoms with Gasteiger partial charge in [0.15, 0.2) is 5.78 Å². The SMILES string of the molecule is CC(C)(C)OC(=O)NC1CCC(Nc2c(C(=O)C3CC3)cnc3ccc(C4=CNNC4)cc23)CC1. The lowest BCUT2D eigenvalue weighted by Crippen LogP contribution is -2.42. The first kappa shape index (κ1) is 23.6. The van der Waals surface area contributed by atoms with Crippen LogP contribution in [0.3, 0.4) is 0 Å². The molecule has 2 aromatic rings. The van der Waals surface area contributed by atoms with Crippen LogP contribution in [0.15, 0.2) is 30.6 Å². The number of fused-ring (bicyclic) bond motifs is 1. The van der Waals surface area contributed by atoms with Gasteiger partial charge in [0.05, 0.1) is 16.8 Å². The van der Waals surface area contributed by atoms with E-state index in [-0.39, 0.29) is 29.9 Å². The summed E-state index contributed by atoms with van der Waals surface area (Å²) in [5.41, 5.74) is 10.4. The van der Waals surface area contributed by atoms with Crippen molar-refractivity contribution in [1.82, 2.24) is 21.2 Å². The van der Waals surface area contributed by atoms with Crippen LogP contribution >= 0.6 is 0 Å². The number of alkyl carbamates (subject to hydrolysis) is 1. The number of carbonyl (C=O) groups excluding carboxylic acids is 2. The van der Waals surface area contributed by atoms with E-state index < -0.39 is 5.60 Å². The molecule has 0 unspecified atom stereocenters. The lowest BCUT2D eigenvalue weighted by atomic mass is 9.90. The predicted octanol–water partition coefficient (Wildman–Crippen LogP) is 4.52. The van der Waals surface area contributed by atoms with Gasteiger partial charge in [0.25, 0.3) is 0 Å². The van der Waals surface area contributed by atoms with E-state index in [1.54, 1.807) is 6.20 Å². The average molecular weight is 478 g/mol. The van der Waals surface area contributed by atoms with Crippen molar-refractivity contribution in [2.24, 2.45) is 5.92 Å². The maximum Gasteiger partial charge on any atom is 0.407 e. The van der Waals surface area contributed by atoms with Gasteiger partial charge in [0, 0.05) is 42.3 Å². The summed E-state index contributed by atoms with van der Waals surface area (Å²) in [6.45, 7) is 6.36. The van der Waals surface area contributed by atoms with Gasteiger partial charge in [-0.15, -0.1) is 0 Å². The summed E-state index contributed by atoms with van der Waals surface area (Å²) in [6, 6.07) is 6.58. The molecule has 2 fully saturated rings. The fraction of sp³-hybridized carbons (Fsp3) is 0.519. The molecule has 0 spiro atoms. The number of rotatable bonds is 6. The summed E-state index contributed by atoms with van der Waals surface area (Å²) >= 11 is 0. The van der Waals surface area contributed by atoms with Gasteiger partial charge < -0.3 is 20.8 Å². The lowest BCUT2D eigenvalue weighted by Gasteiger charge is -2.31. The molecule has 1 aromatic heterocycles. The first-order valence-corrected chi connectivity index (χ1v) is 12.7. The second-order valence-corrected chi connectivity index (χ2v) is 10.9. The van der Waals surface area contributed by atoms with Gasteiger partial charge in [-0.1, -0.05) is 6.07 Å². The first-order valence-electron chi connectivity index (χ1n) is 12.7. The molecule has 2 aliphatic carbocycles. The zero-order chi connectivity index (χ0) is 24.6. The third kappa shape index (κ3) is 5.59. The van der Waals surface area contributed by atoms with Gasteiger partial charge in [-0.25, -0.2) is 10.2 Å². The Morgan fingerprint density at radius 1 is 1.06 bits per heavy atom. The number of ether oxygens (including phenoxy) is 1. The molecule has 4 N–H and O–H groups in total. The molecular formula is C27H35N5O3. The highest BCUT2D eigenvalue weighted by atomic mass is 16.6. The quantitative estimate of drug-likeness (QED) is 0.453. The van der Waals surface area contributed by atoms with Crippen molar-refractivity contribution in [1.29, 1.82) is 0 Å². The Hall–Kier alpha value is -3.13. The summed E-state index contributed by atoms with van der Waals surface area (Å²) in [4.78, 5) is 30.0. The number of nitrogens with one attached hydrogen (secondary N) is 4. The van der Waals surface area contributed by atoms with Crippen LogP contribution in [0.2, 0.25) is 0 Å². The van der Waals surface area contributed by atoms with Crippen molar-refractivity contribution in [3.63, 3.8) is 0 Å². The topological polar surface area (TPSA) is 104 Å². The van der Waals surface area contributed by atoms with Crippen molar-refractivity contribution < 1.29 is 14.3 Å². The number of nitrogens with zero attached hydrogens (tertiary/aromatic N) is 1. The van der Waals surface area contributed by atoms with E-state index >= 15 is 0 Å². The molecular weight excluding hydrogens is 442 g/mol. The molecule has 1 aliphatic heterocycles. The van der Waals surface area contributed by atoms with E-state index in [0.717, 1.165) is 67.2 Å². The fourth-order valence-corrected chi connectivity index (χ4v) is 4.88. The summed E-state index contributed by atoms with van der Waals surface area (Å²) in [5.74, 6) is 0.314. The number of hydrogen-bond acceptors (Lipinski definition) is 7. The molecule has 186 valence electrons. The van der Waals surface area contributed by atoms with Crippen LogP contribution in [0.1, 0.15) is 75.2 Å². The van der Waals surface area contributed by atoms with Crippen molar-refractivity contribution in [2.75, 3.05) is 11.9 Å². The van der Waals surface area contributed by atoms with Crippen LogP contribution < -0.4 is 21.5 Å². The van der Waals surface area contributed by atoms with Gasteiger partial charge in [0.1, 0.15) is 5.60 Å². The molecule has 5 rings (SSSR count). The molecule has 8 heteroatoms. The molecule has 0 bridgehead atoms. The molecule has 3 aliphatic rings. The lowest BCUT2D eigenvalue weighted by molar-refractivity contribution is 0.0492. The summed E-state index contributed by atoms with van der Waals surface area (Å²) in [7, 11) is 0. The van der Waals surface area contributed by atoms with E-state index in [2.05, 4.69) is 38.6 Å². The van der Waals surface area contributed by atoms with Crippen LogP contribution in [0, 0.1) is 5.92 Å². The van der Waals surface area contributed by atoms with Crippen molar-refractivity contribution in [3.05, 3.63) is 41.7 Å². The first-order chi connectivity index (χ1) is 16.8. The zero-order valence-corrected chi connectivity index (χ0v) is 20.7. The molecule has 0 atom stereocenters. The Labute approximate surface area is 206 Å². The monoisotopic (exact) mass is 477 g/mol. The van der Waals surface area contributed by atoms with Crippen LogP contribution in [0.5, 0.6) is 0 Å². The highest BCUT2D eigenvalue weighted by molar-refractivity contribution is 6.10. The van der Waals surface area contributed by atoms with Gasteiger partial charge in [-0.2, -0.15) is 0 Å². The number of hydrazine groups is 1. The zero-order valence-electron chi connectivity index (χ0n) is 20.7. The molecule has 2 heterocycles. The van der Waals surface area contributed by atoms with E-state index in [1.165, 1.54) is 5.57 Å². The van der Waals surface area contributed by atoms with Gasteiger partial charge in [-0.05, 0) is 82.6 Å². The van der Waals surface area contributed by atoms with Crippen LogP contribution in [0.25, 0.3) is 16.5 Å². The molecule has 1 amide bonds. The highest BCUT2D eigenvalue weighted by Crippen LogP contribution is 2.38. The maximum absolute atomic E-state index is 13.2. The predicted molar refractivity (Wildman–Crippen MR) is 137 cm³/mol. The minimum Gasteiger partial charge on any atom is -0.444 e. The number of aromatic nitrogens is 1. The third-order valence-electron chi connectivity index (χ3n) is 6.88. The Morgan fingerprint density at radius 3 is 2.46 bits per heavy atom. The number of carbonyl (C=O) groups is 2. The second kappa shape index (κ2) is 9.49. The largest absolute Gasteiger partial charge is 0.444 e. The average Bonchev–Trinajstić information content (AvgIpc) is 3.52. The Kier molecular flexibility index (Phi) is 6.40. The van der Waals surface area contributed by atoms with Crippen LogP contribution in [-0.2, 0) is 4.74 Å². The fourth-order valence-electron chi connectivity index (χ4n) is 4.88. The van der Waals surface area contributed by atoms with E-state index in [4.69, 9.17) is 4.74 Å². The number of Topliss-reactive ketones (excluding diaryl/α,β-unsaturated/α-hetero) is 1. The number of pyridine rings is 1. The van der Waals surface area contributed by atoms with E-state index in [0.29, 0.717) is 5.56 Å². The summed E-state index contributed by atoms with van der Waals surface area (Å²) < 4.78 is 5.41. The molecule has 1 aromatic carbocycles. The van der Waals surface area contributed by atoms with E-state index in [1.807, 2.05) is 33.0 Å². The Bertz CT molecular complexity index is 1160. The smallest absolute Gasteiger partial charge is 0.407 e. The second-order valence-electron chi connectivity index (χ2n) is 10.9.